The van der Waals surface area contributed by atoms with E-state index in [1.165, 1.54) is 6.42 Å². The van der Waals surface area contributed by atoms with Gasteiger partial charge in [0.25, 0.3) is 0 Å². The van der Waals surface area contributed by atoms with Gasteiger partial charge in [-0.05, 0) is 59.3 Å². The molecule has 5 heteroatoms. The van der Waals surface area contributed by atoms with Crippen molar-refractivity contribution in [2.75, 3.05) is 26.2 Å². The number of aliphatic hydroxyl groups is 1. The second-order valence-electron chi connectivity index (χ2n) is 7.74. The number of carbonyl (C=O) groups excluding carboxylic acids is 1. The fourth-order valence-electron chi connectivity index (χ4n) is 3.67. The lowest BCUT2D eigenvalue weighted by Gasteiger charge is -2.42. The standard InChI is InChI=1S/C17H33N3O2/c1-17(2,3)19-11-7-14(8-12-19)18-16(22)20-10-5-4-6-15(20)9-13-21/h14-15,21H,4-13H2,1-3H3,(H,18,22). The van der Waals surface area contributed by atoms with Crippen LogP contribution in [0.2, 0.25) is 0 Å². The highest BCUT2D eigenvalue weighted by Crippen LogP contribution is 2.22. The summed E-state index contributed by atoms with van der Waals surface area (Å²) in [6.07, 6.45) is 6.03. The molecule has 0 radical (unpaired) electrons. The summed E-state index contributed by atoms with van der Waals surface area (Å²) in [7, 11) is 0. The summed E-state index contributed by atoms with van der Waals surface area (Å²) in [6, 6.07) is 0.587. The van der Waals surface area contributed by atoms with Crippen LogP contribution in [-0.2, 0) is 0 Å². The van der Waals surface area contributed by atoms with Gasteiger partial charge in [0.05, 0.1) is 0 Å². The normalized spacial score (nSPS) is 25.3. The highest BCUT2D eigenvalue weighted by Gasteiger charge is 2.30. The van der Waals surface area contributed by atoms with Gasteiger partial charge >= 0.3 is 6.03 Å². The van der Waals surface area contributed by atoms with Gasteiger partial charge in [0.1, 0.15) is 0 Å². The number of aliphatic hydroxyl groups excluding tert-OH is 1. The highest BCUT2D eigenvalue weighted by atomic mass is 16.3. The Morgan fingerprint density at radius 2 is 1.82 bits per heavy atom. The van der Waals surface area contributed by atoms with Crippen LogP contribution in [0.4, 0.5) is 4.79 Å². The van der Waals surface area contributed by atoms with E-state index in [2.05, 4.69) is 31.0 Å². The molecule has 2 saturated heterocycles. The predicted molar refractivity (Wildman–Crippen MR) is 88.9 cm³/mol. The summed E-state index contributed by atoms with van der Waals surface area (Å²) in [6.45, 7) is 9.84. The summed E-state index contributed by atoms with van der Waals surface area (Å²) in [5, 5.41) is 12.4. The molecule has 0 aromatic carbocycles. The number of rotatable bonds is 3. The third-order valence-corrected chi connectivity index (χ3v) is 5.12. The number of nitrogens with one attached hydrogen (secondary N) is 1. The first-order valence-electron chi connectivity index (χ1n) is 8.85. The number of amides is 2. The van der Waals surface area contributed by atoms with Gasteiger partial charge in [-0.2, -0.15) is 0 Å². The average molecular weight is 311 g/mol. The molecule has 0 aromatic heterocycles. The van der Waals surface area contributed by atoms with E-state index in [1.807, 2.05) is 4.90 Å². The lowest BCUT2D eigenvalue weighted by molar-refractivity contribution is 0.0913. The van der Waals surface area contributed by atoms with Gasteiger partial charge in [0.15, 0.2) is 0 Å². The lowest BCUT2D eigenvalue weighted by Crippen LogP contribution is -2.55. The van der Waals surface area contributed by atoms with Gasteiger partial charge in [-0.3, -0.25) is 4.90 Å². The number of likely N-dealkylation sites (tertiary alicyclic amines) is 2. The Bertz CT molecular complexity index is 357. The van der Waals surface area contributed by atoms with Gasteiger partial charge in [0, 0.05) is 43.9 Å². The maximum Gasteiger partial charge on any atom is 0.317 e. The molecule has 0 bridgehead atoms. The van der Waals surface area contributed by atoms with Crippen LogP contribution in [-0.4, -0.2) is 64.8 Å². The van der Waals surface area contributed by atoms with Gasteiger partial charge in [0.2, 0.25) is 0 Å². The lowest BCUT2D eigenvalue weighted by atomic mass is 9.97. The van der Waals surface area contributed by atoms with Crippen molar-refractivity contribution in [2.24, 2.45) is 0 Å². The van der Waals surface area contributed by atoms with Crippen molar-refractivity contribution in [3.05, 3.63) is 0 Å². The number of carbonyl (C=O) groups is 1. The molecule has 0 saturated carbocycles. The van der Waals surface area contributed by atoms with Crippen LogP contribution in [0.5, 0.6) is 0 Å². The second kappa shape index (κ2) is 7.64. The third-order valence-electron chi connectivity index (χ3n) is 5.12. The first kappa shape index (κ1) is 17.5. The first-order chi connectivity index (χ1) is 10.4. The molecule has 0 aromatic rings. The second-order valence-corrected chi connectivity index (χ2v) is 7.74. The van der Waals surface area contributed by atoms with E-state index in [0.717, 1.165) is 45.3 Å². The zero-order valence-electron chi connectivity index (χ0n) is 14.5. The van der Waals surface area contributed by atoms with Gasteiger partial charge in [-0.25, -0.2) is 4.79 Å². The Morgan fingerprint density at radius 1 is 1.14 bits per heavy atom. The van der Waals surface area contributed by atoms with Crippen LogP contribution >= 0.6 is 0 Å². The molecule has 1 atom stereocenters. The van der Waals surface area contributed by atoms with Crippen molar-refractivity contribution in [1.29, 1.82) is 0 Å². The largest absolute Gasteiger partial charge is 0.396 e. The molecule has 128 valence electrons. The summed E-state index contributed by atoms with van der Waals surface area (Å²) < 4.78 is 0. The highest BCUT2D eigenvalue weighted by molar-refractivity contribution is 5.75. The minimum Gasteiger partial charge on any atom is -0.396 e. The summed E-state index contributed by atoms with van der Waals surface area (Å²) in [4.78, 5) is 17.0. The van der Waals surface area contributed by atoms with Crippen molar-refractivity contribution in [3.8, 4) is 0 Å². The Kier molecular flexibility index (Phi) is 6.09. The predicted octanol–water partition coefficient (Wildman–Crippen LogP) is 2.20. The van der Waals surface area contributed by atoms with E-state index >= 15 is 0 Å². The van der Waals surface area contributed by atoms with Crippen LogP contribution in [0.1, 0.15) is 59.3 Å². The number of hydrogen-bond acceptors (Lipinski definition) is 3. The molecule has 0 aliphatic carbocycles. The molecular weight excluding hydrogens is 278 g/mol. The van der Waals surface area contributed by atoms with Crippen LogP contribution in [0.3, 0.4) is 0 Å². The third kappa shape index (κ3) is 4.59. The minimum absolute atomic E-state index is 0.0763. The number of hydrogen-bond donors (Lipinski definition) is 2. The molecular formula is C17H33N3O2. The molecule has 0 spiro atoms. The maximum absolute atomic E-state index is 12.5. The SMILES string of the molecule is CC(C)(C)N1CCC(NC(=O)N2CCCCC2CCO)CC1. The Hall–Kier alpha value is -0.810. The van der Waals surface area contributed by atoms with Crippen molar-refractivity contribution < 1.29 is 9.90 Å². The number of nitrogens with zero attached hydrogens (tertiary/aromatic N) is 2. The Morgan fingerprint density at radius 3 is 2.41 bits per heavy atom. The van der Waals surface area contributed by atoms with E-state index in [9.17, 15) is 9.90 Å². The molecule has 1 unspecified atom stereocenters. The quantitative estimate of drug-likeness (QED) is 0.840. The van der Waals surface area contributed by atoms with Gasteiger partial charge < -0.3 is 15.3 Å². The van der Waals surface area contributed by atoms with Crippen LogP contribution in [0.15, 0.2) is 0 Å². The van der Waals surface area contributed by atoms with E-state index in [4.69, 9.17) is 0 Å². The maximum atomic E-state index is 12.5. The first-order valence-corrected chi connectivity index (χ1v) is 8.85. The van der Waals surface area contributed by atoms with Crippen LogP contribution < -0.4 is 5.32 Å². The molecule has 2 rings (SSSR count). The summed E-state index contributed by atoms with van der Waals surface area (Å²) in [5.74, 6) is 0. The zero-order valence-corrected chi connectivity index (χ0v) is 14.5. The fraction of sp³-hybridized carbons (Fsp3) is 0.941. The summed E-state index contributed by atoms with van der Waals surface area (Å²) in [5.41, 5.74) is 0.216. The topological polar surface area (TPSA) is 55.8 Å². The van der Waals surface area contributed by atoms with Crippen LogP contribution in [0.25, 0.3) is 0 Å². The minimum atomic E-state index is 0.0763. The van der Waals surface area contributed by atoms with Gasteiger partial charge in [-0.15, -0.1) is 0 Å². The van der Waals surface area contributed by atoms with Crippen molar-refractivity contribution in [1.82, 2.24) is 15.1 Å². The Balaban J connectivity index is 1.82. The molecule has 2 aliphatic heterocycles. The fourth-order valence-corrected chi connectivity index (χ4v) is 3.67. The van der Waals surface area contributed by atoms with Gasteiger partial charge in [-0.1, -0.05) is 0 Å². The van der Waals surface area contributed by atoms with E-state index in [0.29, 0.717) is 12.5 Å². The van der Waals surface area contributed by atoms with E-state index < -0.39 is 0 Å². The smallest absolute Gasteiger partial charge is 0.317 e. The molecule has 2 aliphatic rings. The average Bonchev–Trinajstić information content (AvgIpc) is 2.47. The zero-order chi connectivity index (χ0) is 16.2. The molecule has 22 heavy (non-hydrogen) atoms. The molecule has 5 nitrogen and oxygen atoms in total. The monoisotopic (exact) mass is 311 g/mol. The van der Waals surface area contributed by atoms with E-state index in [-0.39, 0.29) is 24.2 Å². The van der Waals surface area contributed by atoms with Crippen molar-refractivity contribution in [2.45, 2.75) is 76.9 Å². The molecule has 2 amide bonds. The van der Waals surface area contributed by atoms with Crippen molar-refractivity contribution in [3.63, 3.8) is 0 Å². The van der Waals surface area contributed by atoms with E-state index in [1.54, 1.807) is 0 Å². The number of piperidine rings is 2. The van der Waals surface area contributed by atoms with Crippen LogP contribution in [0, 0.1) is 0 Å². The number of urea groups is 1. The molecule has 2 N–H and O–H groups in total. The summed E-state index contributed by atoms with van der Waals surface area (Å²) >= 11 is 0. The Labute approximate surface area is 135 Å². The molecule has 2 heterocycles. The van der Waals surface area contributed by atoms with Crippen molar-refractivity contribution >= 4 is 6.03 Å². The molecule has 2 fully saturated rings.